The minimum Gasteiger partial charge on any atom is -0.371 e. The average Bonchev–Trinajstić information content (AvgIpc) is 2.79. The third-order valence-corrected chi connectivity index (χ3v) is 5.84. The van der Waals surface area contributed by atoms with Crippen molar-refractivity contribution in [1.29, 1.82) is 0 Å². The summed E-state index contributed by atoms with van der Waals surface area (Å²) in [7, 11) is 0. The Bertz CT molecular complexity index is 793. The molecule has 1 amide bonds. The second-order valence-corrected chi connectivity index (χ2v) is 7.49. The molecular weight excluding hydrogens is 352 g/mol. The minimum atomic E-state index is 0.121. The van der Waals surface area contributed by atoms with Crippen molar-refractivity contribution in [1.82, 2.24) is 9.88 Å². The van der Waals surface area contributed by atoms with E-state index in [9.17, 15) is 9.59 Å². The summed E-state index contributed by atoms with van der Waals surface area (Å²) in [6, 6.07) is 11.7. The maximum absolute atomic E-state index is 13.0. The summed E-state index contributed by atoms with van der Waals surface area (Å²) >= 11 is 0. The van der Waals surface area contributed by atoms with Gasteiger partial charge in [0.15, 0.2) is 0 Å². The van der Waals surface area contributed by atoms with Crippen molar-refractivity contribution in [3.8, 4) is 0 Å². The monoisotopic (exact) mass is 378 g/mol. The molecule has 1 aromatic carbocycles. The Morgan fingerprint density at radius 1 is 0.893 bits per heavy atom. The molecule has 2 aliphatic heterocycles. The summed E-state index contributed by atoms with van der Waals surface area (Å²) in [5.74, 6) is 0.428. The van der Waals surface area contributed by atoms with E-state index >= 15 is 0 Å². The second kappa shape index (κ2) is 8.42. The van der Waals surface area contributed by atoms with Crippen molar-refractivity contribution in [3.05, 3.63) is 54.4 Å². The van der Waals surface area contributed by atoms with Crippen LogP contribution in [0.5, 0.6) is 0 Å². The lowest BCUT2D eigenvalue weighted by Gasteiger charge is -2.39. The van der Waals surface area contributed by atoms with Crippen LogP contribution in [-0.4, -0.2) is 61.3 Å². The summed E-state index contributed by atoms with van der Waals surface area (Å²) in [5.41, 5.74) is 2.95. The van der Waals surface area contributed by atoms with E-state index in [2.05, 4.69) is 20.9 Å². The number of hydrogen-bond acceptors (Lipinski definition) is 5. The molecule has 6 nitrogen and oxygen atoms in total. The SMILES string of the molecule is O=Cc1ccc(N2CCC(C(=O)N3CCN(c4cccnc4)CC3)CC2)cc1. The first kappa shape index (κ1) is 18.5. The third kappa shape index (κ3) is 4.01. The normalized spacial score (nSPS) is 18.2. The number of piperazine rings is 1. The molecule has 28 heavy (non-hydrogen) atoms. The molecule has 0 unspecified atom stereocenters. The van der Waals surface area contributed by atoms with E-state index in [4.69, 9.17) is 0 Å². The van der Waals surface area contributed by atoms with Crippen molar-refractivity contribution >= 4 is 23.6 Å². The molecule has 0 spiro atoms. The number of pyridine rings is 1. The zero-order chi connectivity index (χ0) is 19.3. The van der Waals surface area contributed by atoms with E-state index in [1.54, 1.807) is 6.20 Å². The zero-order valence-corrected chi connectivity index (χ0v) is 16.0. The van der Waals surface area contributed by atoms with Crippen molar-refractivity contribution in [2.75, 3.05) is 49.1 Å². The number of carbonyl (C=O) groups excluding carboxylic acids is 2. The Morgan fingerprint density at radius 3 is 2.18 bits per heavy atom. The van der Waals surface area contributed by atoms with Crippen LogP contribution in [0, 0.1) is 5.92 Å². The Labute approximate surface area is 165 Å². The highest BCUT2D eigenvalue weighted by molar-refractivity contribution is 5.79. The van der Waals surface area contributed by atoms with Crippen molar-refractivity contribution < 1.29 is 9.59 Å². The standard InChI is InChI=1S/C22H26N4O2/c27-17-18-3-5-20(6-4-18)24-10-7-19(8-11-24)22(28)26-14-12-25(13-15-26)21-2-1-9-23-16-21/h1-6,9,16-17,19H,7-8,10-15H2. The fourth-order valence-electron chi connectivity index (χ4n) is 4.13. The molecule has 0 aliphatic carbocycles. The van der Waals surface area contributed by atoms with E-state index in [1.807, 2.05) is 41.4 Å². The van der Waals surface area contributed by atoms with Crippen molar-refractivity contribution in [2.24, 2.45) is 5.92 Å². The van der Waals surface area contributed by atoms with Crippen LogP contribution >= 0.6 is 0 Å². The summed E-state index contributed by atoms with van der Waals surface area (Å²) in [6.07, 6.45) is 6.30. The van der Waals surface area contributed by atoms with Crippen LogP contribution in [0.15, 0.2) is 48.8 Å². The molecule has 6 heteroatoms. The number of hydrogen-bond donors (Lipinski definition) is 0. The summed E-state index contributed by atoms with van der Waals surface area (Å²) < 4.78 is 0. The molecule has 2 aliphatic rings. The molecule has 4 rings (SSSR count). The van der Waals surface area contributed by atoms with Crippen LogP contribution in [0.25, 0.3) is 0 Å². The van der Waals surface area contributed by atoms with Gasteiger partial charge in [0, 0.05) is 62.6 Å². The van der Waals surface area contributed by atoms with Gasteiger partial charge >= 0.3 is 0 Å². The van der Waals surface area contributed by atoms with Gasteiger partial charge in [-0.2, -0.15) is 0 Å². The lowest BCUT2D eigenvalue weighted by Crippen LogP contribution is -2.51. The largest absolute Gasteiger partial charge is 0.371 e. The first-order valence-electron chi connectivity index (χ1n) is 9.98. The molecule has 3 heterocycles. The van der Waals surface area contributed by atoms with E-state index < -0.39 is 0 Å². The van der Waals surface area contributed by atoms with Gasteiger partial charge in [0.1, 0.15) is 6.29 Å². The van der Waals surface area contributed by atoms with Crippen molar-refractivity contribution in [2.45, 2.75) is 12.8 Å². The molecule has 0 bridgehead atoms. The molecular formula is C22H26N4O2. The highest BCUT2D eigenvalue weighted by atomic mass is 16.2. The topological polar surface area (TPSA) is 56.8 Å². The number of carbonyl (C=O) groups is 2. The van der Waals surface area contributed by atoms with Crippen LogP contribution in [0.2, 0.25) is 0 Å². The highest BCUT2D eigenvalue weighted by Gasteiger charge is 2.30. The predicted molar refractivity (Wildman–Crippen MR) is 110 cm³/mol. The van der Waals surface area contributed by atoms with E-state index in [0.717, 1.165) is 69.8 Å². The molecule has 2 aromatic rings. The molecule has 1 aromatic heterocycles. The van der Waals surface area contributed by atoms with Crippen LogP contribution in [0.1, 0.15) is 23.2 Å². The number of aromatic nitrogens is 1. The average molecular weight is 378 g/mol. The molecule has 2 fully saturated rings. The number of rotatable bonds is 4. The Kier molecular flexibility index (Phi) is 5.55. The molecule has 0 radical (unpaired) electrons. The zero-order valence-electron chi connectivity index (χ0n) is 16.0. The van der Waals surface area contributed by atoms with Crippen LogP contribution in [-0.2, 0) is 4.79 Å². The summed E-state index contributed by atoms with van der Waals surface area (Å²) in [4.78, 5) is 34.6. The Morgan fingerprint density at radius 2 is 1.57 bits per heavy atom. The molecule has 2 saturated heterocycles. The van der Waals surface area contributed by atoms with E-state index in [-0.39, 0.29) is 5.92 Å². The van der Waals surface area contributed by atoms with Crippen LogP contribution in [0.4, 0.5) is 11.4 Å². The first-order valence-corrected chi connectivity index (χ1v) is 9.98. The number of anilines is 2. The van der Waals surface area contributed by atoms with Gasteiger partial charge in [-0.3, -0.25) is 14.6 Å². The fourth-order valence-corrected chi connectivity index (χ4v) is 4.13. The van der Waals surface area contributed by atoms with E-state index in [1.165, 1.54) is 0 Å². The smallest absolute Gasteiger partial charge is 0.225 e. The number of piperidine rings is 1. The van der Waals surface area contributed by atoms with Gasteiger partial charge in [-0.1, -0.05) is 0 Å². The van der Waals surface area contributed by atoms with Gasteiger partial charge in [0.05, 0.1) is 11.9 Å². The number of amides is 1. The van der Waals surface area contributed by atoms with Gasteiger partial charge in [-0.05, 0) is 49.2 Å². The third-order valence-electron chi connectivity index (χ3n) is 5.84. The molecule has 0 saturated carbocycles. The number of aldehydes is 1. The van der Waals surface area contributed by atoms with Crippen molar-refractivity contribution in [3.63, 3.8) is 0 Å². The number of benzene rings is 1. The quantitative estimate of drug-likeness (QED) is 0.765. The van der Waals surface area contributed by atoms with Crippen LogP contribution in [0.3, 0.4) is 0 Å². The highest BCUT2D eigenvalue weighted by Crippen LogP contribution is 2.25. The molecule has 146 valence electrons. The van der Waals surface area contributed by atoms with Gasteiger partial charge < -0.3 is 14.7 Å². The van der Waals surface area contributed by atoms with Crippen LogP contribution < -0.4 is 9.80 Å². The molecule has 0 N–H and O–H groups in total. The van der Waals surface area contributed by atoms with Gasteiger partial charge in [0.25, 0.3) is 0 Å². The van der Waals surface area contributed by atoms with Gasteiger partial charge in [0.2, 0.25) is 5.91 Å². The Hall–Kier alpha value is -2.89. The fraction of sp³-hybridized carbons (Fsp3) is 0.409. The van der Waals surface area contributed by atoms with Gasteiger partial charge in [-0.25, -0.2) is 0 Å². The summed E-state index contributed by atoms with van der Waals surface area (Å²) in [6.45, 7) is 5.04. The van der Waals surface area contributed by atoms with E-state index in [0.29, 0.717) is 11.5 Å². The lowest BCUT2D eigenvalue weighted by molar-refractivity contribution is -0.136. The molecule has 0 atom stereocenters. The summed E-state index contributed by atoms with van der Waals surface area (Å²) in [5, 5.41) is 0. The first-order chi connectivity index (χ1) is 13.7. The predicted octanol–water partition coefficient (Wildman–Crippen LogP) is 2.46. The minimum absolute atomic E-state index is 0.121. The maximum Gasteiger partial charge on any atom is 0.225 e. The maximum atomic E-state index is 13.0. The number of nitrogens with zero attached hydrogens (tertiary/aromatic N) is 4. The van der Waals surface area contributed by atoms with Gasteiger partial charge in [-0.15, -0.1) is 0 Å². The lowest BCUT2D eigenvalue weighted by atomic mass is 9.94. The second-order valence-electron chi connectivity index (χ2n) is 7.49. The Balaban J connectivity index is 1.28.